The van der Waals surface area contributed by atoms with Crippen molar-refractivity contribution in [2.24, 2.45) is 0 Å². The zero-order chi connectivity index (χ0) is 17.5. The first-order chi connectivity index (χ1) is 11.5. The van der Waals surface area contributed by atoms with Crippen molar-refractivity contribution in [2.45, 2.75) is 19.8 Å². The molecule has 2 rings (SSSR count). The minimum absolute atomic E-state index is 0.106. The molecule has 24 heavy (non-hydrogen) atoms. The molecule has 0 fully saturated rings. The predicted molar refractivity (Wildman–Crippen MR) is 92.4 cm³/mol. The highest BCUT2D eigenvalue weighted by Gasteiger charge is 2.21. The first kappa shape index (κ1) is 18.3. The number of benzene rings is 1. The van der Waals surface area contributed by atoms with Crippen molar-refractivity contribution in [2.75, 3.05) is 18.4 Å². The first-order valence-electron chi connectivity index (χ1n) is 7.45. The molecule has 0 radical (unpaired) electrons. The summed E-state index contributed by atoms with van der Waals surface area (Å²) in [6, 6.07) is 6.17. The van der Waals surface area contributed by atoms with Gasteiger partial charge in [0.2, 0.25) is 5.91 Å². The minimum Gasteiger partial charge on any atom is -0.363 e. The average molecular weight is 370 g/mol. The van der Waals surface area contributed by atoms with Crippen molar-refractivity contribution in [3.63, 3.8) is 0 Å². The Bertz CT molecular complexity index is 705. The zero-order valence-electron chi connectivity index (χ0n) is 13.1. The summed E-state index contributed by atoms with van der Waals surface area (Å²) >= 11 is 12.0. The number of nitrogens with zero attached hydrogens (tertiary/aromatic N) is 2. The van der Waals surface area contributed by atoms with Gasteiger partial charge in [-0.25, -0.2) is 0 Å². The summed E-state index contributed by atoms with van der Waals surface area (Å²) in [5.74, 6) is -0.383. The third-order valence-electron chi connectivity index (χ3n) is 3.27. The van der Waals surface area contributed by atoms with E-state index < -0.39 is 0 Å². The minimum atomic E-state index is -0.363. The van der Waals surface area contributed by atoms with Crippen LogP contribution in [-0.4, -0.2) is 35.0 Å². The highest BCUT2D eigenvalue weighted by atomic mass is 35.5. The van der Waals surface area contributed by atoms with Crippen molar-refractivity contribution in [1.29, 1.82) is 0 Å². The maximum Gasteiger partial charge on any atom is 0.255 e. The monoisotopic (exact) mass is 369 g/mol. The standard InChI is InChI=1S/C16H17Cl2N3O3/c1-2-3-7-21(10-15(22)19-14-6-8-24-20-14)16(23)12-5-4-11(17)9-13(12)18/h4-6,8-9H,2-3,7,10H2,1H3,(H,19,20,22). The van der Waals surface area contributed by atoms with E-state index in [0.29, 0.717) is 22.9 Å². The number of rotatable bonds is 7. The van der Waals surface area contributed by atoms with Gasteiger partial charge in [-0.3, -0.25) is 9.59 Å². The van der Waals surface area contributed by atoms with Crippen LogP contribution in [0.3, 0.4) is 0 Å². The lowest BCUT2D eigenvalue weighted by Crippen LogP contribution is -2.38. The molecule has 0 aliphatic heterocycles. The lowest BCUT2D eigenvalue weighted by atomic mass is 10.2. The summed E-state index contributed by atoms with van der Waals surface area (Å²) in [5.41, 5.74) is 0.311. The molecule has 8 heteroatoms. The van der Waals surface area contributed by atoms with Crippen LogP contribution in [0.15, 0.2) is 35.1 Å². The molecule has 2 aromatic rings. The van der Waals surface area contributed by atoms with Gasteiger partial charge >= 0.3 is 0 Å². The second-order valence-corrected chi connectivity index (χ2v) is 5.98. The molecule has 0 aliphatic rings. The van der Waals surface area contributed by atoms with E-state index in [4.69, 9.17) is 23.2 Å². The fourth-order valence-electron chi connectivity index (χ4n) is 2.07. The van der Waals surface area contributed by atoms with Crippen LogP contribution < -0.4 is 5.32 Å². The molecule has 1 heterocycles. The van der Waals surface area contributed by atoms with E-state index in [1.807, 2.05) is 6.92 Å². The Kier molecular flexibility index (Phi) is 6.63. The van der Waals surface area contributed by atoms with Gasteiger partial charge < -0.3 is 14.7 Å². The van der Waals surface area contributed by atoms with Crippen LogP contribution in [0, 0.1) is 0 Å². The second-order valence-electron chi connectivity index (χ2n) is 5.14. The van der Waals surface area contributed by atoms with Gasteiger partial charge in [-0.05, 0) is 24.6 Å². The Labute approximate surface area is 149 Å². The molecular weight excluding hydrogens is 353 g/mol. The number of hydrogen-bond acceptors (Lipinski definition) is 4. The van der Waals surface area contributed by atoms with Gasteiger partial charge in [0.05, 0.1) is 10.6 Å². The molecule has 1 aromatic carbocycles. The number of amides is 2. The van der Waals surface area contributed by atoms with Crippen molar-refractivity contribution < 1.29 is 14.1 Å². The van der Waals surface area contributed by atoms with E-state index >= 15 is 0 Å². The maximum absolute atomic E-state index is 12.7. The fraction of sp³-hybridized carbons (Fsp3) is 0.312. The first-order valence-corrected chi connectivity index (χ1v) is 8.21. The summed E-state index contributed by atoms with van der Waals surface area (Å²) in [6.45, 7) is 2.35. The van der Waals surface area contributed by atoms with E-state index in [-0.39, 0.29) is 23.4 Å². The van der Waals surface area contributed by atoms with Crippen molar-refractivity contribution >= 4 is 40.8 Å². The van der Waals surface area contributed by atoms with Crippen LogP contribution in [0.2, 0.25) is 10.0 Å². The number of anilines is 1. The zero-order valence-corrected chi connectivity index (χ0v) is 14.6. The van der Waals surface area contributed by atoms with Gasteiger partial charge in [-0.15, -0.1) is 0 Å². The van der Waals surface area contributed by atoms with E-state index in [1.165, 1.54) is 23.3 Å². The summed E-state index contributed by atoms with van der Waals surface area (Å²) in [4.78, 5) is 26.3. The second kappa shape index (κ2) is 8.70. The highest BCUT2D eigenvalue weighted by Crippen LogP contribution is 2.22. The van der Waals surface area contributed by atoms with E-state index in [1.54, 1.807) is 12.1 Å². The number of carbonyl (C=O) groups is 2. The number of hydrogen-bond donors (Lipinski definition) is 1. The lowest BCUT2D eigenvalue weighted by Gasteiger charge is -2.22. The van der Waals surface area contributed by atoms with Crippen LogP contribution in [0.25, 0.3) is 0 Å². The Balaban J connectivity index is 2.11. The number of aromatic nitrogens is 1. The molecule has 0 spiro atoms. The van der Waals surface area contributed by atoms with Crippen molar-refractivity contribution in [3.05, 3.63) is 46.1 Å². The Morgan fingerprint density at radius 3 is 2.71 bits per heavy atom. The quantitative estimate of drug-likeness (QED) is 0.803. The fourth-order valence-corrected chi connectivity index (χ4v) is 2.56. The molecule has 0 saturated carbocycles. The third-order valence-corrected chi connectivity index (χ3v) is 3.82. The molecule has 0 aliphatic carbocycles. The van der Waals surface area contributed by atoms with Gasteiger partial charge in [0, 0.05) is 17.6 Å². The van der Waals surface area contributed by atoms with Gasteiger partial charge in [0.25, 0.3) is 5.91 Å². The Morgan fingerprint density at radius 1 is 1.29 bits per heavy atom. The molecule has 0 unspecified atom stereocenters. The molecule has 1 aromatic heterocycles. The third kappa shape index (κ3) is 4.97. The smallest absolute Gasteiger partial charge is 0.255 e. The topological polar surface area (TPSA) is 75.4 Å². The number of unbranched alkanes of at least 4 members (excludes halogenated alkanes) is 1. The van der Waals surface area contributed by atoms with E-state index in [0.717, 1.165) is 12.8 Å². The molecule has 0 saturated heterocycles. The number of halogens is 2. The molecule has 6 nitrogen and oxygen atoms in total. The van der Waals surface area contributed by atoms with E-state index in [2.05, 4.69) is 15.0 Å². The molecular formula is C16H17Cl2N3O3. The largest absolute Gasteiger partial charge is 0.363 e. The van der Waals surface area contributed by atoms with Crippen LogP contribution >= 0.6 is 23.2 Å². The lowest BCUT2D eigenvalue weighted by molar-refractivity contribution is -0.116. The summed E-state index contributed by atoms with van der Waals surface area (Å²) in [6.07, 6.45) is 3.01. The predicted octanol–water partition coefficient (Wildman–Crippen LogP) is 3.86. The summed E-state index contributed by atoms with van der Waals surface area (Å²) in [7, 11) is 0. The van der Waals surface area contributed by atoms with Crippen molar-refractivity contribution in [3.8, 4) is 0 Å². The van der Waals surface area contributed by atoms with Crippen LogP contribution in [0.5, 0.6) is 0 Å². The van der Waals surface area contributed by atoms with Crippen LogP contribution in [0.4, 0.5) is 5.82 Å². The SMILES string of the molecule is CCCCN(CC(=O)Nc1ccon1)C(=O)c1ccc(Cl)cc1Cl. The van der Waals surface area contributed by atoms with Gasteiger partial charge in [-0.2, -0.15) is 0 Å². The molecule has 0 atom stereocenters. The van der Waals surface area contributed by atoms with Gasteiger partial charge in [0.1, 0.15) is 12.8 Å². The molecule has 2 amide bonds. The van der Waals surface area contributed by atoms with Crippen LogP contribution in [-0.2, 0) is 4.79 Å². The Hall–Kier alpha value is -2.05. The summed E-state index contributed by atoms with van der Waals surface area (Å²) in [5, 5.41) is 6.87. The maximum atomic E-state index is 12.7. The number of nitrogens with one attached hydrogen (secondary N) is 1. The molecule has 0 bridgehead atoms. The molecule has 128 valence electrons. The summed E-state index contributed by atoms with van der Waals surface area (Å²) < 4.78 is 4.65. The normalized spacial score (nSPS) is 10.5. The van der Waals surface area contributed by atoms with Crippen LogP contribution in [0.1, 0.15) is 30.1 Å². The molecule has 1 N–H and O–H groups in total. The average Bonchev–Trinajstić information content (AvgIpc) is 3.03. The van der Waals surface area contributed by atoms with Gasteiger partial charge in [0.15, 0.2) is 5.82 Å². The highest BCUT2D eigenvalue weighted by molar-refractivity contribution is 6.36. The van der Waals surface area contributed by atoms with Crippen molar-refractivity contribution in [1.82, 2.24) is 10.1 Å². The van der Waals surface area contributed by atoms with Gasteiger partial charge in [-0.1, -0.05) is 41.7 Å². The Morgan fingerprint density at radius 2 is 2.08 bits per heavy atom. The van der Waals surface area contributed by atoms with E-state index in [9.17, 15) is 9.59 Å². The number of carbonyl (C=O) groups excluding carboxylic acids is 2.